The molecule has 0 aliphatic carbocycles. The summed E-state index contributed by atoms with van der Waals surface area (Å²) in [6.45, 7) is 5.60. The van der Waals surface area contributed by atoms with E-state index in [1.807, 2.05) is 13.8 Å². The van der Waals surface area contributed by atoms with E-state index in [2.05, 4.69) is 10.2 Å². The van der Waals surface area contributed by atoms with Crippen LogP contribution in [0.5, 0.6) is 5.75 Å². The van der Waals surface area contributed by atoms with Gasteiger partial charge in [-0.15, -0.1) is 0 Å². The molecule has 1 aromatic rings. The van der Waals surface area contributed by atoms with E-state index in [4.69, 9.17) is 14.2 Å². The number of carbonyl (C=O) groups excluding carboxylic acids is 3. The highest BCUT2D eigenvalue weighted by atomic mass is 33.1. The number of carbonyl (C=O) groups is 3. The van der Waals surface area contributed by atoms with Gasteiger partial charge in [-0.05, 0) is 55.5 Å². The molecule has 2 saturated heterocycles. The highest BCUT2D eigenvalue weighted by molar-refractivity contribution is 8.76. The highest BCUT2D eigenvalue weighted by Gasteiger charge is 2.39. The van der Waals surface area contributed by atoms with Gasteiger partial charge in [-0.1, -0.05) is 47.9 Å². The number of aliphatic hydroxyl groups excluding tert-OH is 1. The lowest BCUT2D eigenvalue weighted by Gasteiger charge is -2.48. The standard InChI is InChI=1S/C31H48N2O7S2/c1-22(2)31(37)39-14-16-42-41-15-11-29(35)32-12-4-5-13-33-25-7-6-8-26(33)20-28(19-25)40-30(36)18-24-17-27(38-3)10-9-23(24)21-34/h9-10,17,22,25-26,28,34H,4-8,11-16,18-21H2,1-3H3,(H,32,35). The zero-order chi connectivity index (χ0) is 30.3. The molecule has 1 amide bonds. The molecule has 2 unspecified atom stereocenters. The quantitative estimate of drug-likeness (QED) is 0.137. The Bertz CT molecular complexity index is 995. The molecule has 9 nitrogen and oxygen atoms in total. The van der Waals surface area contributed by atoms with Crippen molar-refractivity contribution in [3.05, 3.63) is 29.3 Å². The van der Waals surface area contributed by atoms with Crippen molar-refractivity contribution >= 4 is 39.4 Å². The summed E-state index contributed by atoms with van der Waals surface area (Å²) >= 11 is 0. The van der Waals surface area contributed by atoms with Crippen LogP contribution in [0.25, 0.3) is 0 Å². The number of hydrogen-bond acceptors (Lipinski definition) is 10. The molecule has 0 saturated carbocycles. The van der Waals surface area contributed by atoms with Crippen molar-refractivity contribution in [1.82, 2.24) is 10.2 Å². The second kappa shape index (κ2) is 18.7. The molecular formula is C31H48N2O7S2. The second-order valence-corrected chi connectivity index (χ2v) is 14.0. The number of unbranched alkanes of at least 4 members (excludes halogenated alkanes) is 1. The number of rotatable bonds is 18. The fraction of sp³-hybridized carbons (Fsp3) is 0.710. The van der Waals surface area contributed by atoms with E-state index in [1.165, 1.54) is 6.42 Å². The predicted octanol–water partition coefficient (Wildman–Crippen LogP) is 4.53. The molecule has 11 heteroatoms. The zero-order valence-corrected chi connectivity index (χ0v) is 26.9. The van der Waals surface area contributed by atoms with Crippen molar-refractivity contribution in [2.45, 2.75) is 96.4 Å². The SMILES string of the molecule is COc1ccc(CO)c(CC(=O)OC2CC3CCCC(C2)N3CCCCNC(=O)CCSSCCOC(=O)C(C)C)c1. The van der Waals surface area contributed by atoms with Crippen LogP contribution in [0.2, 0.25) is 0 Å². The third-order valence-electron chi connectivity index (χ3n) is 7.84. The number of piperidine rings is 2. The number of nitrogens with zero attached hydrogens (tertiary/aromatic N) is 1. The van der Waals surface area contributed by atoms with Gasteiger partial charge in [-0.2, -0.15) is 0 Å². The molecule has 0 radical (unpaired) electrons. The summed E-state index contributed by atoms with van der Waals surface area (Å²) in [7, 11) is 4.84. The Morgan fingerprint density at radius 1 is 1.07 bits per heavy atom. The molecule has 0 aromatic heterocycles. The number of esters is 2. The maximum atomic E-state index is 12.8. The Morgan fingerprint density at radius 3 is 2.50 bits per heavy atom. The highest BCUT2D eigenvalue weighted by Crippen LogP contribution is 2.35. The van der Waals surface area contributed by atoms with Crippen LogP contribution in [-0.2, 0) is 36.9 Å². The molecule has 2 bridgehead atoms. The van der Waals surface area contributed by atoms with Crippen molar-refractivity contribution in [3.63, 3.8) is 0 Å². The van der Waals surface area contributed by atoms with Crippen LogP contribution >= 0.6 is 21.6 Å². The first kappa shape index (κ1) is 34.5. The number of amides is 1. The van der Waals surface area contributed by atoms with Crippen LogP contribution in [0, 0.1) is 5.92 Å². The lowest BCUT2D eigenvalue weighted by Crippen LogP contribution is -2.54. The minimum atomic E-state index is -0.255. The molecule has 2 aliphatic rings. The number of aliphatic hydroxyl groups is 1. The van der Waals surface area contributed by atoms with Crippen molar-refractivity contribution in [2.75, 3.05) is 38.3 Å². The van der Waals surface area contributed by atoms with Crippen LogP contribution in [-0.4, -0.2) is 84.4 Å². The first-order chi connectivity index (χ1) is 20.3. The molecule has 2 heterocycles. The summed E-state index contributed by atoms with van der Waals surface area (Å²) in [5.74, 6) is 1.66. The van der Waals surface area contributed by atoms with Crippen molar-refractivity contribution < 1.29 is 33.7 Å². The smallest absolute Gasteiger partial charge is 0.310 e. The van der Waals surface area contributed by atoms with Crippen molar-refractivity contribution in [3.8, 4) is 5.75 Å². The Labute approximate surface area is 258 Å². The Hall–Kier alpha value is -1.95. The summed E-state index contributed by atoms with van der Waals surface area (Å²) in [4.78, 5) is 39.0. The fourth-order valence-corrected chi connectivity index (χ4v) is 7.47. The van der Waals surface area contributed by atoms with Crippen LogP contribution in [0.4, 0.5) is 0 Å². The summed E-state index contributed by atoms with van der Waals surface area (Å²) < 4.78 is 16.4. The second-order valence-electron chi connectivity index (χ2n) is 11.3. The maximum Gasteiger partial charge on any atom is 0.310 e. The van der Waals surface area contributed by atoms with Gasteiger partial charge in [0, 0.05) is 49.4 Å². The lowest BCUT2D eigenvalue weighted by atomic mass is 9.82. The summed E-state index contributed by atoms with van der Waals surface area (Å²) in [5.41, 5.74) is 1.46. The van der Waals surface area contributed by atoms with Crippen LogP contribution in [0.15, 0.2) is 18.2 Å². The molecule has 2 atom stereocenters. The Morgan fingerprint density at radius 2 is 1.81 bits per heavy atom. The van der Waals surface area contributed by atoms with Gasteiger partial charge >= 0.3 is 11.9 Å². The average Bonchev–Trinajstić information content (AvgIpc) is 2.96. The Kier molecular flexibility index (Phi) is 15.3. The summed E-state index contributed by atoms with van der Waals surface area (Å²) in [5, 5.41) is 12.7. The van der Waals surface area contributed by atoms with E-state index >= 15 is 0 Å². The molecule has 1 aromatic carbocycles. The predicted molar refractivity (Wildman–Crippen MR) is 167 cm³/mol. The largest absolute Gasteiger partial charge is 0.497 e. The third-order valence-corrected chi connectivity index (χ3v) is 10.2. The van der Waals surface area contributed by atoms with Crippen LogP contribution in [0.1, 0.15) is 76.3 Å². The topological polar surface area (TPSA) is 114 Å². The number of nitrogens with one attached hydrogen (secondary N) is 1. The molecular weight excluding hydrogens is 576 g/mol. The van der Waals surface area contributed by atoms with E-state index in [1.54, 1.807) is 46.9 Å². The molecule has 236 valence electrons. The van der Waals surface area contributed by atoms with Gasteiger partial charge in [-0.3, -0.25) is 19.3 Å². The number of fused-ring (bicyclic) bond motifs is 2. The van der Waals surface area contributed by atoms with E-state index < -0.39 is 0 Å². The first-order valence-corrected chi connectivity index (χ1v) is 17.7. The minimum absolute atomic E-state index is 0.0717. The van der Waals surface area contributed by atoms with Gasteiger partial charge in [0.1, 0.15) is 18.5 Å². The van der Waals surface area contributed by atoms with Gasteiger partial charge in [0.25, 0.3) is 0 Å². The number of benzene rings is 1. The summed E-state index contributed by atoms with van der Waals surface area (Å²) in [6, 6.07) is 6.22. The molecule has 2 aliphatic heterocycles. The first-order valence-electron chi connectivity index (χ1n) is 15.2. The van der Waals surface area contributed by atoms with E-state index in [9.17, 15) is 19.5 Å². The Balaban J connectivity index is 1.28. The van der Waals surface area contributed by atoms with Gasteiger partial charge < -0.3 is 24.6 Å². The fourth-order valence-electron chi connectivity index (χ4n) is 5.65. The normalized spacial score (nSPS) is 20.3. The lowest BCUT2D eigenvalue weighted by molar-refractivity contribution is -0.154. The van der Waals surface area contributed by atoms with E-state index in [0.29, 0.717) is 43.0 Å². The number of hydrogen-bond donors (Lipinski definition) is 2. The minimum Gasteiger partial charge on any atom is -0.497 e. The van der Waals surface area contributed by atoms with E-state index in [-0.39, 0.29) is 42.9 Å². The molecule has 2 N–H and O–H groups in total. The third kappa shape index (κ3) is 11.6. The number of ether oxygens (including phenoxy) is 3. The van der Waals surface area contributed by atoms with E-state index in [0.717, 1.165) is 62.1 Å². The van der Waals surface area contributed by atoms with Crippen molar-refractivity contribution in [1.29, 1.82) is 0 Å². The number of methoxy groups -OCH3 is 1. The molecule has 0 spiro atoms. The van der Waals surface area contributed by atoms with Crippen LogP contribution < -0.4 is 10.1 Å². The van der Waals surface area contributed by atoms with Crippen LogP contribution in [0.3, 0.4) is 0 Å². The molecule has 42 heavy (non-hydrogen) atoms. The summed E-state index contributed by atoms with van der Waals surface area (Å²) in [6.07, 6.45) is 7.70. The monoisotopic (exact) mass is 624 g/mol. The maximum absolute atomic E-state index is 12.8. The van der Waals surface area contributed by atoms with Gasteiger partial charge in [0.2, 0.25) is 5.91 Å². The zero-order valence-electron chi connectivity index (χ0n) is 25.3. The molecule has 2 fully saturated rings. The average molecular weight is 625 g/mol. The van der Waals surface area contributed by atoms with Gasteiger partial charge in [-0.25, -0.2) is 0 Å². The van der Waals surface area contributed by atoms with Gasteiger partial charge in [0.15, 0.2) is 0 Å². The van der Waals surface area contributed by atoms with Crippen molar-refractivity contribution in [2.24, 2.45) is 5.92 Å². The van der Waals surface area contributed by atoms with Gasteiger partial charge in [0.05, 0.1) is 26.1 Å². The molecule has 3 rings (SSSR count).